The number of amides is 1. The van der Waals surface area contributed by atoms with E-state index in [0.717, 1.165) is 29.8 Å². The summed E-state index contributed by atoms with van der Waals surface area (Å²) in [5.74, 6) is 0.840. The fraction of sp³-hybridized carbons (Fsp3) is 0.409. The van der Waals surface area contributed by atoms with E-state index in [1.807, 2.05) is 18.2 Å². The van der Waals surface area contributed by atoms with Crippen LogP contribution in [0.15, 0.2) is 36.5 Å². The number of halogens is 1. The second kappa shape index (κ2) is 8.13. The number of rotatable bonds is 5. The molecule has 0 unspecified atom stereocenters. The van der Waals surface area contributed by atoms with Gasteiger partial charge in [-0.1, -0.05) is 35.1 Å². The first-order valence-electron chi connectivity index (χ1n) is 10.3. The number of nitrogens with zero attached hydrogens (tertiary/aromatic N) is 3. The molecule has 4 heterocycles. The predicted octanol–water partition coefficient (Wildman–Crippen LogP) is 4.77. The molecule has 3 aromatic rings. The molecule has 2 saturated heterocycles. The Hall–Kier alpha value is -2.22. The molecule has 2 aliphatic heterocycles. The highest BCUT2D eigenvalue weighted by molar-refractivity contribution is 7.20. The maximum absolute atomic E-state index is 11.4. The van der Waals surface area contributed by atoms with Crippen molar-refractivity contribution in [2.75, 3.05) is 0 Å². The normalized spacial score (nSPS) is 23.6. The van der Waals surface area contributed by atoms with Crippen LogP contribution in [0, 0.1) is 0 Å². The fourth-order valence-electron chi connectivity index (χ4n) is 4.73. The predicted molar refractivity (Wildman–Crippen MR) is 118 cm³/mol. The number of hydrogen-bond acceptors (Lipinski definition) is 6. The van der Waals surface area contributed by atoms with Crippen LogP contribution >= 0.6 is 22.9 Å². The second-order valence-corrected chi connectivity index (χ2v) is 9.56. The summed E-state index contributed by atoms with van der Waals surface area (Å²) < 4.78 is 6.83. The summed E-state index contributed by atoms with van der Waals surface area (Å²) in [7, 11) is 0. The summed E-state index contributed by atoms with van der Waals surface area (Å²) in [6.45, 7) is 2.55. The van der Waals surface area contributed by atoms with Gasteiger partial charge in [0.05, 0.1) is 9.72 Å². The maximum Gasteiger partial charge on any atom is 0.281 e. The SMILES string of the molecule is CC(=O)N[C@H]1C[C@H]2CC[C@@H](C1)N2Cc1ccc(Oc2nc3ncc(Cl)cc3s2)cc1. The summed E-state index contributed by atoms with van der Waals surface area (Å²) in [5, 5.41) is 4.27. The van der Waals surface area contributed by atoms with Gasteiger partial charge >= 0.3 is 0 Å². The van der Waals surface area contributed by atoms with E-state index in [0.29, 0.717) is 34.0 Å². The van der Waals surface area contributed by atoms with E-state index in [1.54, 1.807) is 13.1 Å². The van der Waals surface area contributed by atoms with Crippen LogP contribution in [0.25, 0.3) is 10.3 Å². The summed E-state index contributed by atoms with van der Waals surface area (Å²) >= 11 is 7.43. The minimum atomic E-state index is 0.0791. The van der Waals surface area contributed by atoms with Gasteiger partial charge in [-0.15, -0.1) is 0 Å². The second-order valence-electron chi connectivity index (χ2n) is 8.13. The maximum atomic E-state index is 11.4. The van der Waals surface area contributed by atoms with Crippen molar-refractivity contribution < 1.29 is 9.53 Å². The average Bonchev–Trinajstić information content (AvgIpc) is 3.19. The Bertz CT molecular complexity index is 1060. The lowest BCUT2D eigenvalue weighted by molar-refractivity contribution is -0.120. The van der Waals surface area contributed by atoms with E-state index in [1.165, 1.54) is 29.7 Å². The quantitative estimate of drug-likeness (QED) is 0.616. The molecule has 1 amide bonds. The summed E-state index contributed by atoms with van der Waals surface area (Å²) in [6.07, 6.45) is 6.13. The molecule has 2 fully saturated rings. The number of thiazole rings is 1. The van der Waals surface area contributed by atoms with Crippen LogP contribution in [-0.2, 0) is 11.3 Å². The number of fused-ring (bicyclic) bond motifs is 3. The molecule has 2 aliphatic rings. The Kier molecular flexibility index (Phi) is 5.35. The van der Waals surface area contributed by atoms with Gasteiger partial charge in [-0.05, 0) is 49.4 Å². The number of hydrogen-bond donors (Lipinski definition) is 1. The van der Waals surface area contributed by atoms with Gasteiger partial charge < -0.3 is 10.1 Å². The van der Waals surface area contributed by atoms with Gasteiger partial charge in [0.2, 0.25) is 5.91 Å². The first kappa shape index (κ1) is 19.7. The summed E-state index contributed by atoms with van der Waals surface area (Å²) in [4.78, 5) is 22.6. The molecule has 3 atom stereocenters. The van der Waals surface area contributed by atoms with E-state index in [2.05, 4.69) is 32.3 Å². The third-order valence-electron chi connectivity index (χ3n) is 5.98. The van der Waals surface area contributed by atoms with Crippen molar-refractivity contribution in [3.63, 3.8) is 0 Å². The van der Waals surface area contributed by atoms with E-state index in [-0.39, 0.29) is 5.91 Å². The van der Waals surface area contributed by atoms with Crippen LogP contribution in [-0.4, -0.2) is 38.9 Å². The molecule has 0 spiro atoms. The smallest absolute Gasteiger partial charge is 0.281 e. The van der Waals surface area contributed by atoms with E-state index in [4.69, 9.17) is 16.3 Å². The lowest BCUT2D eigenvalue weighted by Crippen LogP contribution is -2.49. The first-order valence-corrected chi connectivity index (χ1v) is 11.4. The fourth-order valence-corrected chi connectivity index (χ4v) is 5.79. The van der Waals surface area contributed by atoms with Gasteiger partial charge in [0, 0.05) is 37.8 Å². The van der Waals surface area contributed by atoms with Gasteiger partial charge in [-0.2, -0.15) is 4.98 Å². The molecule has 156 valence electrons. The molecule has 6 nitrogen and oxygen atoms in total. The highest BCUT2D eigenvalue weighted by atomic mass is 35.5. The number of carbonyl (C=O) groups excluding carboxylic acids is 1. The molecule has 8 heteroatoms. The van der Waals surface area contributed by atoms with Gasteiger partial charge in [0.25, 0.3) is 5.19 Å². The number of carbonyl (C=O) groups is 1. The van der Waals surface area contributed by atoms with Gasteiger partial charge in [-0.3, -0.25) is 9.69 Å². The molecule has 2 aromatic heterocycles. The van der Waals surface area contributed by atoms with Crippen molar-refractivity contribution in [3.05, 3.63) is 47.1 Å². The highest BCUT2D eigenvalue weighted by Gasteiger charge is 2.40. The average molecular weight is 443 g/mol. The molecular formula is C22H23ClN4O2S. The van der Waals surface area contributed by atoms with Crippen molar-refractivity contribution in [1.82, 2.24) is 20.2 Å². The van der Waals surface area contributed by atoms with Gasteiger partial charge in [0.1, 0.15) is 5.75 Å². The molecule has 1 aromatic carbocycles. The van der Waals surface area contributed by atoms with E-state index < -0.39 is 0 Å². The van der Waals surface area contributed by atoms with Crippen LogP contribution in [0.2, 0.25) is 5.02 Å². The van der Waals surface area contributed by atoms with Crippen LogP contribution in [0.1, 0.15) is 38.2 Å². The minimum absolute atomic E-state index is 0.0791. The minimum Gasteiger partial charge on any atom is -0.431 e. The van der Waals surface area contributed by atoms with Crippen LogP contribution < -0.4 is 10.1 Å². The Balaban J connectivity index is 1.23. The molecule has 30 heavy (non-hydrogen) atoms. The molecule has 5 rings (SSSR count). The standard InChI is InChI=1S/C22H23ClN4O2S/c1-13(28)25-16-9-17-4-5-18(10-16)27(17)12-14-2-6-19(7-3-14)29-22-26-21-20(30-22)8-15(23)11-24-21/h2-3,6-8,11,16-18H,4-5,9-10,12H2,1H3,(H,25,28)/t16-,17+,18-. The van der Waals surface area contributed by atoms with E-state index in [9.17, 15) is 4.79 Å². The molecule has 0 aliphatic carbocycles. The van der Waals surface area contributed by atoms with Crippen molar-refractivity contribution in [2.45, 2.75) is 57.3 Å². The highest BCUT2D eigenvalue weighted by Crippen LogP contribution is 2.37. The third-order valence-corrected chi connectivity index (χ3v) is 7.06. The zero-order valence-electron chi connectivity index (χ0n) is 16.7. The monoisotopic (exact) mass is 442 g/mol. The lowest BCUT2D eigenvalue weighted by Gasteiger charge is -2.39. The topological polar surface area (TPSA) is 67.4 Å². The molecule has 0 saturated carbocycles. The van der Waals surface area contributed by atoms with Crippen LogP contribution in [0.4, 0.5) is 0 Å². The number of nitrogens with one attached hydrogen (secondary N) is 1. The molecular weight excluding hydrogens is 420 g/mol. The summed E-state index contributed by atoms with van der Waals surface area (Å²) in [5.41, 5.74) is 1.92. The Morgan fingerprint density at radius 1 is 1.27 bits per heavy atom. The summed E-state index contributed by atoms with van der Waals surface area (Å²) in [6, 6.07) is 11.5. The van der Waals surface area contributed by atoms with Crippen molar-refractivity contribution in [1.29, 1.82) is 0 Å². The lowest BCUT2D eigenvalue weighted by atomic mass is 9.96. The number of aromatic nitrogens is 2. The first-order chi connectivity index (χ1) is 14.5. The molecule has 1 N–H and O–H groups in total. The molecule has 2 bridgehead atoms. The Morgan fingerprint density at radius 2 is 2.00 bits per heavy atom. The zero-order valence-corrected chi connectivity index (χ0v) is 18.2. The Labute approximate surface area is 184 Å². The van der Waals surface area contributed by atoms with Crippen molar-refractivity contribution in [2.24, 2.45) is 0 Å². The largest absolute Gasteiger partial charge is 0.431 e. The number of benzene rings is 1. The zero-order chi connectivity index (χ0) is 20.7. The van der Waals surface area contributed by atoms with Crippen LogP contribution in [0.5, 0.6) is 10.9 Å². The van der Waals surface area contributed by atoms with Gasteiger partial charge in [-0.25, -0.2) is 4.98 Å². The molecule has 0 radical (unpaired) electrons. The van der Waals surface area contributed by atoms with Crippen molar-refractivity contribution in [3.8, 4) is 10.9 Å². The third kappa shape index (κ3) is 4.15. The van der Waals surface area contributed by atoms with Crippen molar-refractivity contribution >= 4 is 39.2 Å². The number of pyridine rings is 1. The number of piperidine rings is 1. The van der Waals surface area contributed by atoms with Crippen LogP contribution in [0.3, 0.4) is 0 Å². The van der Waals surface area contributed by atoms with Gasteiger partial charge in [0.15, 0.2) is 5.65 Å². The number of ether oxygens (including phenoxy) is 1. The Morgan fingerprint density at radius 3 is 2.70 bits per heavy atom. The van der Waals surface area contributed by atoms with E-state index >= 15 is 0 Å².